The second kappa shape index (κ2) is 2.73. The van der Waals surface area contributed by atoms with Gasteiger partial charge >= 0.3 is 5.97 Å². The van der Waals surface area contributed by atoms with E-state index in [0.717, 1.165) is 5.56 Å². The van der Waals surface area contributed by atoms with Gasteiger partial charge in [0.2, 0.25) is 0 Å². The van der Waals surface area contributed by atoms with Crippen LogP contribution in [0.1, 0.15) is 15.9 Å². The number of aryl methyl sites for hydroxylation is 1. The van der Waals surface area contributed by atoms with Gasteiger partial charge in [-0.05, 0) is 24.6 Å². The van der Waals surface area contributed by atoms with Crippen LogP contribution in [0.3, 0.4) is 0 Å². The van der Waals surface area contributed by atoms with E-state index in [0.29, 0.717) is 5.69 Å². The number of benzene rings is 1. The third-order valence-corrected chi connectivity index (χ3v) is 1.67. The standard InChI is InChI=1S/C8H10N2O2/c1-4-2-5(8(11)12)7(10)3-6(4)9/h2-3H,9-10H2,1H3,(H,11,12). The van der Waals surface area contributed by atoms with Crippen molar-refractivity contribution in [2.45, 2.75) is 6.92 Å². The SMILES string of the molecule is Cc1cc(C(=O)O)c(N)cc1N. The van der Waals surface area contributed by atoms with Crippen molar-refractivity contribution in [2.24, 2.45) is 0 Å². The summed E-state index contributed by atoms with van der Waals surface area (Å²) < 4.78 is 0. The molecule has 0 aliphatic rings. The van der Waals surface area contributed by atoms with Crippen LogP contribution < -0.4 is 11.5 Å². The Balaban J connectivity index is 3.33. The minimum absolute atomic E-state index is 0.0988. The van der Waals surface area contributed by atoms with Gasteiger partial charge in [0, 0.05) is 11.4 Å². The largest absolute Gasteiger partial charge is 0.478 e. The molecule has 0 unspecified atom stereocenters. The molecule has 4 nitrogen and oxygen atoms in total. The van der Waals surface area contributed by atoms with Gasteiger partial charge in [0.1, 0.15) is 0 Å². The molecule has 0 atom stereocenters. The molecule has 4 heteroatoms. The molecule has 0 radical (unpaired) electrons. The molecule has 0 aliphatic carbocycles. The van der Waals surface area contributed by atoms with Crippen molar-refractivity contribution in [1.82, 2.24) is 0 Å². The predicted octanol–water partition coefficient (Wildman–Crippen LogP) is 0.858. The minimum Gasteiger partial charge on any atom is -0.478 e. The van der Waals surface area contributed by atoms with Crippen molar-refractivity contribution in [1.29, 1.82) is 0 Å². The summed E-state index contributed by atoms with van der Waals surface area (Å²) in [4.78, 5) is 10.6. The average Bonchev–Trinajstić information content (AvgIpc) is 1.96. The maximum Gasteiger partial charge on any atom is 0.337 e. The average molecular weight is 166 g/mol. The van der Waals surface area contributed by atoms with Crippen LogP contribution in [-0.2, 0) is 0 Å². The molecule has 0 amide bonds. The lowest BCUT2D eigenvalue weighted by Crippen LogP contribution is -2.04. The van der Waals surface area contributed by atoms with Crippen LogP contribution in [0, 0.1) is 6.92 Å². The second-order valence-corrected chi connectivity index (χ2v) is 2.60. The molecule has 0 saturated carbocycles. The molecule has 1 aromatic carbocycles. The summed E-state index contributed by atoms with van der Waals surface area (Å²) in [7, 11) is 0. The van der Waals surface area contributed by atoms with Crippen LogP contribution in [-0.4, -0.2) is 11.1 Å². The Morgan fingerprint density at radius 1 is 1.33 bits per heavy atom. The highest BCUT2D eigenvalue weighted by Gasteiger charge is 2.08. The number of anilines is 2. The Morgan fingerprint density at radius 2 is 1.92 bits per heavy atom. The van der Waals surface area contributed by atoms with E-state index in [-0.39, 0.29) is 11.3 Å². The van der Waals surface area contributed by atoms with E-state index < -0.39 is 5.97 Å². The number of carbonyl (C=O) groups is 1. The molecule has 0 saturated heterocycles. The summed E-state index contributed by atoms with van der Waals surface area (Å²) in [6.07, 6.45) is 0. The van der Waals surface area contributed by atoms with Crippen molar-refractivity contribution in [3.8, 4) is 0 Å². The lowest BCUT2D eigenvalue weighted by molar-refractivity contribution is 0.0698. The van der Waals surface area contributed by atoms with E-state index in [1.54, 1.807) is 6.92 Å². The number of carboxylic acids is 1. The van der Waals surface area contributed by atoms with Crippen molar-refractivity contribution in [2.75, 3.05) is 11.5 Å². The molecular formula is C8H10N2O2. The number of rotatable bonds is 1. The molecule has 0 bridgehead atoms. The normalized spacial score (nSPS) is 9.75. The number of hydrogen-bond acceptors (Lipinski definition) is 3. The lowest BCUT2D eigenvalue weighted by atomic mass is 10.1. The zero-order valence-electron chi connectivity index (χ0n) is 6.66. The number of hydrogen-bond donors (Lipinski definition) is 3. The monoisotopic (exact) mass is 166 g/mol. The van der Waals surface area contributed by atoms with Gasteiger partial charge in [-0.3, -0.25) is 0 Å². The summed E-state index contributed by atoms with van der Waals surface area (Å²) >= 11 is 0. The number of carboxylic acid groups (broad SMARTS) is 1. The second-order valence-electron chi connectivity index (χ2n) is 2.60. The molecule has 0 fully saturated rings. The van der Waals surface area contributed by atoms with Crippen molar-refractivity contribution >= 4 is 17.3 Å². The van der Waals surface area contributed by atoms with Gasteiger partial charge in [0.05, 0.1) is 5.56 Å². The van der Waals surface area contributed by atoms with Crippen molar-refractivity contribution in [3.05, 3.63) is 23.3 Å². The molecular weight excluding hydrogens is 156 g/mol. The first-order chi connectivity index (χ1) is 5.52. The number of aromatic carboxylic acids is 1. The zero-order valence-corrected chi connectivity index (χ0v) is 6.66. The molecule has 64 valence electrons. The molecule has 0 heterocycles. The Kier molecular flexibility index (Phi) is 1.91. The van der Waals surface area contributed by atoms with Crippen molar-refractivity contribution in [3.63, 3.8) is 0 Å². The Labute approximate surface area is 69.8 Å². The van der Waals surface area contributed by atoms with Crippen LogP contribution in [0.2, 0.25) is 0 Å². The van der Waals surface area contributed by atoms with Gasteiger partial charge in [-0.2, -0.15) is 0 Å². The molecule has 0 aliphatic heterocycles. The molecule has 0 aromatic heterocycles. The van der Waals surface area contributed by atoms with E-state index in [2.05, 4.69) is 0 Å². The first-order valence-electron chi connectivity index (χ1n) is 3.41. The fourth-order valence-corrected chi connectivity index (χ4v) is 0.928. The summed E-state index contributed by atoms with van der Waals surface area (Å²) in [6, 6.07) is 2.92. The van der Waals surface area contributed by atoms with Crippen LogP contribution >= 0.6 is 0 Å². The Bertz CT molecular complexity index is 334. The van der Waals surface area contributed by atoms with Gasteiger partial charge in [0.15, 0.2) is 0 Å². The minimum atomic E-state index is -1.03. The molecule has 1 rings (SSSR count). The maximum absolute atomic E-state index is 10.6. The van der Waals surface area contributed by atoms with Crippen LogP contribution in [0.5, 0.6) is 0 Å². The van der Waals surface area contributed by atoms with Gasteiger partial charge < -0.3 is 16.6 Å². The number of nitrogens with two attached hydrogens (primary N) is 2. The fraction of sp³-hybridized carbons (Fsp3) is 0.125. The first kappa shape index (κ1) is 8.39. The van der Waals surface area contributed by atoms with Crippen LogP contribution in [0.4, 0.5) is 11.4 Å². The molecule has 1 aromatic rings. The highest BCUT2D eigenvalue weighted by atomic mass is 16.4. The van der Waals surface area contributed by atoms with Crippen molar-refractivity contribution < 1.29 is 9.90 Å². The molecule has 5 N–H and O–H groups in total. The fourth-order valence-electron chi connectivity index (χ4n) is 0.928. The smallest absolute Gasteiger partial charge is 0.337 e. The predicted molar refractivity (Wildman–Crippen MR) is 47.0 cm³/mol. The highest BCUT2D eigenvalue weighted by Crippen LogP contribution is 2.19. The topological polar surface area (TPSA) is 89.3 Å². The zero-order chi connectivity index (χ0) is 9.30. The van der Waals surface area contributed by atoms with E-state index in [1.165, 1.54) is 12.1 Å². The highest BCUT2D eigenvalue weighted by molar-refractivity contribution is 5.94. The van der Waals surface area contributed by atoms with E-state index in [4.69, 9.17) is 16.6 Å². The van der Waals surface area contributed by atoms with E-state index in [9.17, 15) is 4.79 Å². The van der Waals surface area contributed by atoms with Gasteiger partial charge in [-0.25, -0.2) is 4.79 Å². The van der Waals surface area contributed by atoms with Crippen LogP contribution in [0.15, 0.2) is 12.1 Å². The Morgan fingerprint density at radius 3 is 2.42 bits per heavy atom. The quantitative estimate of drug-likeness (QED) is 0.540. The first-order valence-corrected chi connectivity index (χ1v) is 3.41. The van der Waals surface area contributed by atoms with E-state index in [1.807, 2.05) is 0 Å². The summed E-state index contributed by atoms with van der Waals surface area (Å²) in [5.41, 5.74) is 12.5. The van der Waals surface area contributed by atoms with Gasteiger partial charge in [-0.1, -0.05) is 0 Å². The van der Waals surface area contributed by atoms with E-state index >= 15 is 0 Å². The summed E-state index contributed by atoms with van der Waals surface area (Å²) in [5.74, 6) is -1.03. The number of nitrogen functional groups attached to an aromatic ring is 2. The third kappa shape index (κ3) is 1.32. The molecule has 0 spiro atoms. The maximum atomic E-state index is 10.6. The van der Waals surface area contributed by atoms with Crippen LogP contribution in [0.25, 0.3) is 0 Å². The van der Waals surface area contributed by atoms with Gasteiger partial charge in [-0.15, -0.1) is 0 Å². The summed E-state index contributed by atoms with van der Waals surface area (Å²) in [5, 5.41) is 8.66. The Hall–Kier alpha value is -1.71. The summed E-state index contributed by atoms with van der Waals surface area (Å²) in [6.45, 7) is 1.74. The molecule has 12 heavy (non-hydrogen) atoms. The van der Waals surface area contributed by atoms with Gasteiger partial charge in [0.25, 0.3) is 0 Å². The lowest BCUT2D eigenvalue weighted by Gasteiger charge is -2.04. The third-order valence-electron chi connectivity index (χ3n) is 1.67.